The highest BCUT2D eigenvalue weighted by Gasteiger charge is 2.32. The van der Waals surface area contributed by atoms with Crippen LogP contribution in [0, 0.1) is 11.8 Å². The first-order chi connectivity index (χ1) is 10.9. The molecular weight excluding hydrogens is 294 g/mol. The highest BCUT2D eigenvalue weighted by atomic mass is 16.5. The molecule has 2 fully saturated rings. The number of hydrogen-bond donors (Lipinski definition) is 1. The summed E-state index contributed by atoms with van der Waals surface area (Å²) in [5, 5.41) is 7.15. The van der Waals surface area contributed by atoms with E-state index in [1.54, 1.807) is 11.0 Å². The molecule has 2 amide bonds. The van der Waals surface area contributed by atoms with Gasteiger partial charge in [-0.15, -0.1) is 5.10 Å². The van der Waals surface area contributed by atoms with Gasteiger partial charge in [-0.3, -0.25) is 5.32 Å². The Kier molecular flexibility index (Phi) is 4.57. The Morgan fingerprint density at radius 1 is 1.35 bits per heavy atom. The number of rotatable bonds is 2. The third kappa shape index (κ3) is 3.83. The molecule has 1 aromatic heterocycles. The van der Waals surface area contributed by atoms with Gasteiger partial charge >= 0.3 is 6.03 Å². The van der Waals surface area contributed by atoms with E-state index in [1.807, 2.05) is 25.7 Å². The van der Waals surface area contributed by atoms with Crippen molar-refractivity contribution in [2.75, 3.05) is 31.6 Å². The summed E-state index contributed by atoms with van der Waals surface area (Å²) >= 11 is 0. The molecule has 7 nitrogen and oxygen atoms in total. The van der Waals surface area contributed by atoms with E-state index in [9.17, 15) is 4.79 Å². The van der Waals surface area contributed by atoms with E-state index in [2.05, 4.69) is 15.4 Å². The van der Waals surface area contributed by atoms with Crippen LogP contribution in [-0.4, -0.2) is 52.0 Å². The number of amides is 2. The number of hydrogen-bond acceptors (Lipinski definition) is 4. The van der Waals surface area contributed by atoms with Crippen molar-refractivity contribution in [2.45, 2.75) is 45.6 Å². The van der Waals surface area contributed by atoms with Crippen LogP contribution in [-0.2, 0) is 10.3 Å². The van der Waals surface area contributed by atoms with Crippen LogP contribution >= 0.6 is 0 Å². The van der Waals surface area contributed by atoms with Gasteiger partial charge in [-0.1, -0.05) is 19.3 Å². The van der Waals surface area contributed by atoms with Crippen molar-refractivity contribution < 1.29 is 9.53 Å². The Bertz CT molecular complexity index is 547. The van der Waals surface area contributed by atoms with Gasteiger partial charge in [0.25, 0.3) is 0 Å². The maximum absolute atomic E-state index is 12.5. The van der Waals surface area contributed by atoms with Crippen LogP contribution in [0.25, 0.3) is 0 Å². The molecule has 0 radical (unpaired) electrons. The topological polar surface area (TPSA) is 72.3 Å². The molecule has 0 aromatic carbocycles. The number of carbonyl (C=O) groups is 1. The van der Waals surface area contributed by atoms with Gasteiger partial charge in [-0.2, -0.15) is 0 Å². The summed E-state index contributed by atoms with van der Waals surface area (Å²) in [5.41, 5.74) is -0.151. The van der Waals surface area contributed by atoms with Gasteiger partial charge in [0.05, 0.1) is 18.8 Å². The summed E-state index contributed by atoms with van der Waals surface area (Å²) in [5.74, 6) is 1.52. The zero-order valence-electron chi connectivity index (χ0n) is 14.3. The van der Waals surface area contributed by atoms with Crippen LogP contribution in [0.1, 0.15) is 40.0 Å². The molecule has 1 atom stereocenters. The number of nitrogens with one attached hydrogen (secondary N) is 1. The number of aromatic nitrogens is 3. The lowest BCUT2D eigenvalue weighted by atomic mass is 9.76. The molecule has 2 heterocycles. The number of anilines is 1. The molecule has 23 heavy (non-hydrogen) atoms. The summed E-state index contributed by atoms with van der Waals surface area (Å²) in [6.07, 6.45) is 5.49. The Morgan fingerprint density at radius 3 is 2.74 bits per heavy atom. The van der Waals surface area contributed by atoms with E-state index in [0.717, 1.165) is 13.2 Å². The first kappa shape index (κ1) is 16.2. The third-order valence-electron chi connectivity index (χ3n) is 4.79. The fourth-order valence-corrected chi connectivity index (χ4v) is 3.04. The number of urea groups is 1. The Morgan fingerprint density at radius 2 is 2.13 bits per heavy atom. The second kappa shape index (κ2) is 6.47. The predicted molar refractivity (Wildman–Crippen MR) is 87.3 cm³/mol. The Balaban J connectivity index is 1.61. The van der Waals surface area contributed by atoms with E-state index >= 15 is 0 Å². The minimum absolute atomic E-state index is 0.133. The minimum atomic E-state index is -0.151. The van der Waals surface area contributed by atoms with E-state index in [-0.39, 0.29) is 11.6 Å². The van der Waals surface area contributed by atoms with Crippen LogP contribution in [0.5, 0.6) is 0 Å². The zero-order valence-corrected chi connectivity index (χ0v) is 14.3. The lowest BCUT2D eigenvalue weighted by Gasteiger charge is -2.34. The normalized spacial score (nSPS) is 23.3. The summed E-state index contributed by atoms with van der Waals surface area (Å²) in [6.45, 7) is 8.88. The summed E-state index contributed by atoms with van der Waals surface area (Å²) in [7, 11) is 0. The smallest absolute Gasteiger partial charge is 0.324 e. The van der Waals surface area contributed by atoms with Crippen molar-refractivity contribution in [1.29, 1.82) is 0 Å². The molecule has 1 saturated carbocycles. The van der Waals surface area contributed by atoms with Crippen molar-refractivity contribution in [1.82, 2.24) is 19.7 Å². The van der Waals surface area contributed by atoms with Crippen molar-refractivity contribution in [2.24, 2.45) is 11.8 Å². The fraction of sp³-hybridized carbons (Fsp3) is 0.812. The summed E-state index contributed by atoms with van der Waals surface area (Å²) < 4.78 is 7.44. The second-order valence-electron chi connectivity index (χ2n) is 7.59. The summed E-state index contributed by atoms with van der Waals surface area (Å²) in [4.78, 5) is 18.5. The molecule has 128 valence electrons. The maximum atomic E-state index is 12.5. The van der Waals surface area contributed by atoms with Gasteiger partial charge in [0.2, 0.25) is 5.95 Å². The molecule has 1 saturated heterocycles. The maximum Gasteiger partial charge on any atom is 0.324 e. The van der Waals surface area contributed by atoms with Crippen LogP contribution in [0.4, 0.5) is 10.7 Å². The van der Waals surface area contributed by atoms with Crippen LogP contribution in [0.15, 0.2) is 6.33 Å². The van der Waals surface area contributed by atoms with E-state index in [1.165, 1.54) is 19.3 Å². The largest absolute Gasteiger partial charge is 0.379 e. The van der Waals surface area contributed by atoms with Gasteiger partial charge in [0.15, 0.2) is 0 Å². The van der Waals surface area contributed by atoms with Crippen molar-refractivity contribution in [3.05, 3.63) is 6.33 Å². The van der Waals surface area contributed by atoms with Gasteiger partial charge < -0.3 is 9.64 Å². The first-order valence-electron chi connectivity index (χ1n) is 8.49. The zero-order chi connectivity index (χ0) is 16.4. The lowest BCUT2D eigenvalue weighted by molar-refractivity contribution is 0.0776. The SMILES string of the molecule is CC(C)(C)n1cnc(NC(=O)N2CCOC[C@@H](C3CCC3)C2)n1. The van der Waals surface area contributed by atoms with Gasteiger partial charge in [0, 0.05) is 19.0 Å². The highest BCUT2D eigenvalue weighted by Crippen LogP contribution is 2.34. The van der Waals surface area contributed by atoms with Crippen LogP contribution in [0.2, 0.25) is 0 Å². The molecule has 1 N–H and O–H groups in total. The molecule has 2 aliphatic rings. The van der Waals surface area contributed by atoms with E-state index in [0.29, 0.717) is 30.9 Å². The first-order valence-corrected chi connectivity index (χ1v) is 8.49. The molecule has 1 aliphatic heterocycles. The molecule has 0 bridgehead atoms. The second-order valence-corrected chi connectivity index (χ2v) is 7.59. The average molecular weight is 321 g/mol. The average Bonchev–Trinajstić information content (AvgIpc) is 2.75. The molecule has 1 aromatic rings. The number of ether oxygens (including phenoxy) is 1. The lowest BCUT2D eigenvalue weighted by Crippen LogP contribution is -2.41. The predicted octanol–water partition coefficient (Wildman–Crippen LogP) is 2.31. The highest BCUT2D eigenvalue weighted by molar-refractivity contribution is 5.87. The van der Waals surface area contributed by atoms with Crippen LogP contribution in [0.3, 0.4) is 0 Å². The number of nitrogens with zero attached hydrogens (tertiary/aromatic N) is 4. The summed E-state index contributed by atoms with van der Waals surface area (Å²) in [6, 6.07) is -0.133. The van der Waals surface area contributed by atoms with Crippen molar-refractivity contribution >= 4 is 12.0 Å². The molecule has 3 rings (SSSR count). The van der Waals surface area contributed by atoms with E-state index < -0.39 is 0 Å². The number of carbonyl (C=O) groups excluding carboxylic acids is 1. The minimum Gasteiger partial charge on any atom is -0.379 e. The Labute approximate surface area is 137 Å². The van der Waals surface area contributed by atoms with Gasteiger partial charge in [-0.25, -0.2) is 14.5 Å². The molecule has 0 unspecified atom stereocenters. The standard InChI is InChI=1S/C16H27N5O2/c1-16(2,3)21-11-17-14(19-21)18-15(22)20-7-8-23-10-13(9-20)12-5-4-6-12/h11-13H,4-10H2,1-3H3,(H,18,19,22)/t13-/m0/s1. The molecule has 0 spiro atoms. The van der Waals surface area contributed by atoms with E-state index in [4.69, 9.17) is 4.74 Å². The quantitative estimate of drug-likeness (QED) is 0.907. The monoisotopic (exact) mass is 321 g/mol. The van der Waals surface area contributed by atoms with Crippen molar-refractivity contribution in [3.63, 3.8) is 0 Å². The molecule has 1 aliphatic carbocycles. The Hall–Kier alpha value is -1.63. The fourth-order valence-electron chi connectivity index (χ4n) is 3.04. The van der Waals surface area contributed by atoms with Gasteiger partial charge in [0.1, 0.15) is 6.33 Å². The van der Waals surface area contributed by atoms with Crippen LogP contribution < -0.4 is 5.32 Å². The van der Waals surface area contributed by atoms with Gasteiger partial charge in [-0.05, 0) is 26.7 Å². The van der Waals surface area contributed by atoms with Crippen molar-refractivity contribution in [3.8, 4) is 0 Å². The third-order valence-corrected chi connectivity index (χ3v) is 4.79. The molecular formula is C16H27N5O2. The molecule has 7 heteroatoms.